The molecule has 1 rings (SSSR count). The first-order valence-corrected chi connectivity index (χ1v) is 5.82. The molecule has 4 nitrogen and oxygen atoms in total. The van der Waals surface area contributed by atoms with Crippen molar-refractivity contribution >= 4 is 5.97 Å². The summed E-state index contributed by atoms with van der Waals surface area (Å²) in [6.45, 7) is 4.59. The fraction of sp³-hybridized carbons (Fsp3) is 0.833. The molecule has 1 fully saturated rings. The first-order valence-electron chi connectivity index (χ1n) is 5.82. The summed E-state index contributed by atoms with van der Waals surface area (Å²) in [6, 6.07) is 2.26. The highest BCUT2D eigenvalue weighted by atomic mass is 16.4. The van der Waals surface area contributed by atoms with Crippen LogP contribution in [0.5, 0.6) is 0 Å². The van der Waals surface area contributed by atoms with Crippen molar-refractivity contribution in [3.8, 4) is 6.07 Å². The van der Waals surface area contributed by atoms with E-state index in [0.717, 1.165) is 38.6 Å². The zero-order valence-corrected chi connectivity index (χ0v) is 10.0. The number of hydrogen-bond donors (Lipinski definition) is 2. The zero-order chi connectivity index (χ0) is 12.2. The van der Waals surface area contributed by atoms with Gasteiger partial charge in [-0.15, -0.1) is 0 Å². The summed E-state index contributed by atoms with van der Waals surface area (Å²) in [5, 5.41) is 20.8. The number of nitriles is 1. The van der Waals surface area contributed by atoms with Crippen molar-refractivity contribution in [1.82, 2.24) is 5.32 Å². The first kappa shape index (κ1) is 13.0. The van der Waals surface area contributed by atoms with Crippen LogP contribution >= 0.6 is 0 Å². The summed E-state index contributed by atoms with van der Waals surface area (Å²) in [7, 11) is 0. The van der Waals surface area contributed by atoms with E-state index >= 15 is 0 Å². The Bertz CT molecular complexity index is 301. The Hall–Kier alpha value is -1.08. The van der Waals surface area contributed by atoms with Crippen LogP contribution in [-0.4, -0.2) is 23.2 Å². The van der Waals surface area contributed by atoms with Crippen molar-refractivity contribution in [2.75, 3.05) is 6.54 Å². The highest BCUT2D eigenvalue weighted by molar-refractivity contribution is 5.82. The third kappa shape index (κ3) is 3.49. The predicted octanol–water partition coefficient (Wildman–Crippen LogP) is 1.91. The number of unbranched alkanes of at least 4 members (excludes halogenated alkanes) is 1. The molecule has 0 aromatic heterocycles. The van der Waals surface area contributed by atoms with Gasteiger partial charge in [0.15, 0.2) is 0 Å². The summed E-state index contributed by atoms with van der Waals surface area (Å²) in [5.74, 6) is -0.732. The van der Waals surface area contributed by atoms with Gasteiger partial charge in [0.1, 0.15) is 5.54 Å². The quantitative estimate of drug-likeness (QED) is 0.648. The highest BCUT2D eigenvalue weighted by Crippen LogP contribution is 2.35. The van der Waals surface area contributed by atoms with Gasteiger partial charge in [-0.05, 0) is 46.1 Å². The average molecular weight is 224 g/mol. The minimum absolute atomic E-state index is 0.260. The summed E-state index contributed by atoms with van der Waals surface area (Å²) < 4.78 is 0. The van der Waals surface area contributed by atoms with Crippen LogP contribution in [0.4, 0.5) is 0 Å². The van der Waals surface area contributed by atoms with Gasteiger partial charge >= 0.3 is 5.97 Å². The van der Waals surface area contributed by atoms with Gasteiger partial charge in [0, 0.05) is 0 Å². The molecular formula is C12H20N2O2. The van der Waals surface area contributed by atoms with Crippen molar-refractivity contribution in [2.24, 2.45) is 5.41 Å². The maximum Gasteiger partial charge on any atom is 0.323 e. The third-order valence-corrected chi connectivity index (χ3v) is 3.15. The maximum absolute atomic E-state index is 10.8. The van der Waals surface area contributed by atoms with Gasteiger partial charge in [-0.1, -0.05) is 6.42 Å². The van der Waals surface area contributed by atoms with Crippen LogP contribution in [-0.2, 0) is 4.79 Å². The molecular weight excluding hydrogens is 204 g/mol. The van der Waals surface area contributed by atoms with Crippen LogP contribution in [0, 0.1) is 16.7 Å². The molecule has 0 aliphatic heterocycles. The number of carboxylic acids is 1. The average Bonchev–Trinajstić information content (AvgIpc) is 2.98. The monoisotopic (exact) mass is 224 g/mol. The minimum Gasteiger partial charge on any atom is -0.480 e. The van der Waals surface area contributed by atoms with Crippen LogP contribution in [0.1, 0.15) is 46.0 Å². The molecule has 16 heavy (non-hydrogen) atoms. The number of nitrogens with one attached hydrogen (secondary N) is 1. The SMILES string of the molecule is CC(C)(C#N)CCCCNC1(C(=O)O)CC1. The number of nitrogens with zero attached hydrogens (tertiary/aromatic N) is 1. The first-order chi connectivity index (χ1) is 7.42. The van der Waals surface area contributed by atoms with E-state index < -0.39 is 11.5 Å². The molecule has 1 saturated carbocycles. The third-order valence-electron chi connectivity index (χ3n) is 3.15. The maximum atomic E-state index is 10.8. The molecule has 0 atom stereocenters. The molecule has 0 radical (unpaired) electrons. The Labute approximate surface area is 96.6 Å². The van der Waals surface area contributed by atoms with E-state index in [-0.39, 0.29) is 5.41 Å². The lowest BCUT2D eigenvalue weighted by molar-refractivity contribution is -0.140. The lowest BCUT2D eigenvalue weighted by Crippen LogP contribution is -2.39. The second-order valence-electron chi connectivity index (χ2n) is 5.27. The number of carboxylic acid groups (broad SMARTS) is 1. The molecule has 0 aromatic rings. The Morgan fingerprint density at radius 3 is 2.56 bits per heavy atom. The largest absolute Gasteiger partial charge is 0.480 e. The summed E-state index contributed by atoms with van der Waals surface area (Å²) >= 11 is 0. The van der Waals surface area contributed by atoms with E-state index in [2.05, 4.69) is 11.4 Å². The van der Waals surface area contributed by atoms with Crippen molar-refractivity contribution in [3.63, 3.8) is 0 Å². The lowest BCUT2D eigenvalue weighted by Gasteiger charge is -2.15. The van der Waals surface area contributed by atoms with Gasteiger partial charge in [-0.25, -0.2) is 0 Å². The van der Waals surface area contributed by atoms with E-state index in [1.807, 2.05) is 13.8 Å². The Balaban J connectivity index is 2.10. The van der Waals surface area contributed by atoms with Gasteiger partial charge in [0.2, 0.25) is 0 Å². The smallest absolute Gasteiger partial charge is 0.323 e. The molecule has 0 bridgehead atoms. The molecule has 4 heteroatoms. The summed E-state index contributed by atoms with van der Waals surface area (Å²) in [5.41, 5.74) is -0.880. The molecule has 2 N–H and O–H groups in total. The van der Waals surface area contributed by atoms with Crippen molar-refractivity contribution in [3.05, 3.63) is 0 Å². The van der Waals surface area contributed by atoms with E-state index in [1.54, 1.807) is 0 Å². The van der Waals surface area contributed by atoms with Crippen molar-refractivity contribution in [2.45, 2.75) is 51.5 Å². The molecule has 1 aliphatic carbocycles. The van der Waals surface area contributed by atoms with Gasteiger partial charge < -0.3 is 10.4 Å². The van der Waals surface area contributed by atoms with Crippen LogP contribution in [0.2, 0.25) is 0 Å². The zero-order valence-electron chi connectivity index (χ0n) is 10.0. The topological polar surface area (TPSA) is 73.1 Å². The molecule has 0 unspecified atom stereocenters. The van der Waals surface area contributed by atoms with Gasteiger partial charge in [-0.2, -0.15) is 5.26 Å². The number of aliphatic carboxylic acids is 1. The minimum atomic E-state index is -0.732. The molecule has 1 aliphatic rings. The summed E-state index contributed by atoms with van der Waals surface area (Å²) in [6.07, 6.45) is 4.24. The Morgan fingerprint density at radius 1 is 1.50 bits per heavy atom. The Kier molecular flexibility index (Phi) is 3.93. The van der Waals surface area contributed by atoms with E-state index in [4.69, 9.17) is 10.4 Å². The van der Waals surface area contributed by atoms with E-state index in [1.165, 1.54) is 0 Å². The van der Waals surface area contributed by atoms with Gasteiger partial charge in [0.05, 0.1) is 11.5 Å². The standard InChI is InChI=1S/C12H20N2O2/c1-11(2,9-13)5-3-4-8-14-12(6-7-12)10(15)16/h14H,3-8H2,1-2H3,(H,15,16). The molecule has 0 saturated heterocycles. The number of carbonyl (C=O) groups is 1. The second kappa shape index (κ2) is 4.84. The number of hydrogen-bond acceptors (Lipinski definition) is 3. The van der Waals surface area contributed by atoms with Gasteiger partial charge in [-0.3, -0.25) is 4.79 Å². The molecule has 0 aromatic carbocycles. The van der Waals surface area contributed by atoms with Crippen LogP contribution in [0.15, 0.2) is 0 Å². The van der Waals surface area contributed by atoms with E-state index in [0.29, 0.717) is 0 Å². The normalized spacial score (nSPS) is 17.8. The van der Waals surface area contributed by atoms with Crippen molar-refractivity contribution in [1.29, 1.82) is 5.26 Å². The second-order valence-corrected chi connectivity index (χ2v) is 5.27. The van der Waals surface area contributed by atoms with E-state index in [9.17, 15) is 4.79 Å². The fourth-order valence-electron chi connectivity index (χ4n) is 1.67. The predicted molar refractivity (Wildman–Crippen MR) is 60.8 cm³/mol. The lowest BCUT2D eigenvalue weighted by atomic mass is 9.89. The van der Waals surface area contributed by atoms with Crippen LogP contribution < -0.4 is 5.32 Å². The molecule has 0 heterocycles. The molecule has 0 amide bonds. The number of rotatable bonds is 7. The molecule has 0 spiro atoms. The Morgan fingerprint density at radius 2 is 2.12 bits per heavy atom. The van der Waals surface area contributed by atoms with Crippen LogP contribution in [0.25, 0.3) is 0 Å². The highest BCUT2D eigenvalue weighted by Gasteiger charge is 2.49. The van der Waals surface area contributed by atoms with Crippen LogP contribution in [0.3, 0.4) is 0 Å². The molecule has 90 valence electrons. The van der Waals surface area contributed by atoms with Crippen molar-refractivity contribution < 1.29 is 9.90 Å². The fourth-order valence-corrected chi connectivity index (χ4v) is 1.67. The summed E-state index contributed by atoms with van der Waals surface area (Å²) in [4.78, 5) is 10.8. The van der Waals surface area contributed by atoms with Gasteiger partial charge in [0.25, 0.3) is 0 Å².